The van der Waals surface area contributed by atoms with E-state index in [1.807, 2.05) is 48.5 Å². The first-order chi connectivity index (χ1) is 13.5. The molecule has 2 aliphatic rings. The first kappa shape index (κ1) is 17.8. The summed E-state index contributed by atoms with van der Waals surface area (Å²) in [6, 6.07) is 22.0. The van der Waals surface area contributed by atoms with Gasteiger partial charge in [0.1, 0.15) is 17.3 Å². The maximum Gasteiger partial charge on any atom is 0.174 e. The van der Waals surface area contributed by atoms with Gasteiger partial charge in [-0.2, -0.15) is 0 Å². The van der Waals surface area contributed by atoms with Gasteiger partial charge in [-0.1, -0.05) is 65.7 Å². The lowest BCUT2D eigenvalue weighted by Gasteiger charge is -2.31. The molecule has 1 aliphatic heterocycles. The lowest BCUT2D eigenvalue weighted by Crippen LogP contribution is -2.28. The number of para-hydroxylation sites is 1. The minimum Gasteiger partial charge on any atom is -0.497 e. The van der Waals surface area contributed by atoms with E-state index in [2.05, 4.69) is 0 Å². The highest BCUT2D eigenvalue weighted by atomic mass is 35.5. The fourth-order valence-corrected chi connectivity index (χ4v) is 5.46. The molecule has 142 valence electrons. The molecule has 0 radical (unpaired) electrons. The molecule has 0 unspecified atom stereocenters. The molecule has 0 amide bonds. The van der Waals surface area contributed by atoms with Crippen molar-refractivity contribution in [3.05, 3.63) is 95.3 Å². The summed E-state index contributed by atoms with van der Waals surface area (Å²) in [6.07, 6.45) is 0. The summed E-state index contributed by atoms with van der Waals surface area (Å²) in [5, 5.41) is 0. The third kappa shape index (κ3) is 2.33. The number of benzene rings is 3. The molecule has 3 aromatic rings. The lowest BCUT2D eigenvalue weighted by molar-refractivity contribution is 0.137. The molecule has 1 heterocycles. The molecule has 1 aliphatic carbocycles. The van der Waals surface area contributed by atoms with Crippen LogP contribution in [-0.2, 0) is 5.60 Å². The molecule has 2 nitrogen and oxygen atoms in total. The van der Waals surface area contributed by atoms with Gasteiger partial charge in [0.05, 0.1) is 13.0 Å². The molecule has 28 heavy (non-hydrogen) atoms. The number of fused-ring (bicyclic) bond motifs is 2. The number of methoxy groups -OCH3 is 1. The Kier molecular flexibility index (Phi) is 3.91. The molecule has 3 atom stereocenters. The molecular weight excluding hydrogens is 398 g/mol. The SMILES string of the molecule is COc1ccc([C@]23Oc4ccccc4[C@@H](c4ccc(F)cc4)[C@@H]2C3(Cl)Cl)cc1. The van der Waals surface area contributed by atoms with Gasteiger partial charge in [0, 0.05) is 11.5 Å². The van der Waals surface area contributed by atoms with Crippen molar-refractivity contribution in [2.24, 2.45) is 5.92 Å². The zero-order valence-electron chi connectivity index (χ0n) is 15.0. The standard InChI is InChI=1S/C23H17Cl2FO2/c1-27-17-12-8-15(9-13-17)22-21(23(22,24)25)20(14-6-10-16(26)11-7-14)18-4-2-3-5-19(18)28-22/h2-13,20-21H,1H3/t20-,21+,22+/m1/s1. The first-order valence-electron chi connectivity index (χ1n) is 9.05. The number of halogens is 3. The van der Waals surface area contributed by atoms with Crippen LogP contribution in [0.1, 0.15) is 22.6 Å². The van der Waals surface area contributed by atoms with E-state index in [4.69, 9.17) is 32.7 Å². The van der Waals surface area contributed by atoms with Crippen molar-refractivity contribution in [1.29, 1.82) is 0 Å². The summed E-state index contributed by atoms with van der Waals surface area (Å²) in [5.74, 6) is 0.898. The number of hydrogen-bond donors (Lipinski definition) is 0. The van der Waals surface area contributed by atoms with Crippen LogP contribution in [0.2, 0.25) is 0 Å². The Balaban J connectivity index is 1.69. The highest BCUT2D eigenvalue weighted by Crippen LogP contribution is 2.77. The van der Waals surface area contributed by atoms with E-state index < -0.39 is 9.93 Å². The summed E-state index contributed by atoms with van der Waals surface area (Å²) in [5.41, 5.74) is 1.98. The van der Waals surface area contributed by atoms with Crippen molar-refractivity contribution >= 4 is 23.2 Å². The van der Waals surface area contributed by atoms with Crippen molar-refractivity contribution in [1.82, 2.24) is 0 Å². The van der Waals surface area contributed by atoms with E-state index in [0.717, 1.165) is 28.2 Å². The van der Waals surface area contributed by atoms with Crippen molar-refractivity contribution in [3.8, 4) is 11.5 Å². The van der Waals surface area contributed by atoms with Gasteiger partial charge in [0.2, 0.25) is 0 Å². The number of alkyl halides is 2. The van der Waals surface area contributed by atoms with Gasteiger partial charge in [0.25, 0.3) is 0 Å². The average molecular weight is 415 g/mol. The molecule has 0 spiro atoms. The van der Waals surface area contributed by atoms with E-state index >= 15 is 0 Å². The molecule has 0 bridgehead atoms. The fourth-order valence-electron chi connectivity index (χ4n) is 4.48. The molecule has 0 saturated heterocycles. The van der Waals surface area contributed by atoms with Crippen molar-refractivity contribution in [3.63, 3.8) is 0 Å². The van der Waals surface area contributed by atoms with Crippen LogP contribution in [-0.4, -0.2) is 11.4 Å². The summed E-state index contributed by atoms with van der Waals surface area (Å²) in [4.78, 5) is 0. The van der Waals surface area contributed by atoms with Crippen molar-refractivity contribution in [2.75, 3.05) is 7.11 Å². The summed E-state index contributed by atoms with van der Waals surface area (Å²) < 4.78 is 24.1. The average Bonchev–Trinajstić information content (AvgIpc) is 3.23. The highest BCUT2D eigenvalue weighted by molar-refractivity contribution is 6.52. The Labute approximate surface area is 172 Å². The largest absolute Gasteiger partial charge is 0.497 e. The minimum absolute atomic E-state index is 0.109. The van der Waals surface area contributed by atoms with E-state index in [0.29, 0.717) is 0 Å². The summed E-state index contributed by atoms with van der Waals surface area (Å²) >= 11 is 13.8. The number of hydrogen-bond acceptors (Lipinski definition) is 2. The smallest absolute Gasteiger partial charge is 0.174 e. The van der Waals surface area contributed by atoms with Crippen LogP contribution in [0.3, 0.4) is 0 Å². The third-order valence-corrected chi connectivity index (χ3v) is 6.88. The highest BCUT2D eigenvalue weighted by Gasteiger charge is 2.83. The zero-order chi connectivity index (χ0) is 19.5. The van der Waals surface area contributed by atoms with Crippen LogP contribution < -0.4 is 9.47 Å². The van der Waals surface area contributed by atoms with Crippen LogP contribution >= 0.6 is 23.2 Å². The Morgan fingerprint density at radius 1 is 0.929 bits per heavy atom. The second-order valence-corrected chi connectivity index (χ2v) is 8.62. The van der Waals surface area contributed by atoms with Gasteiger partial charge < -0.3 is 9.47 Å². The van der Waals surface area contributed by atoms with Crippen molar-refractivity contribution < 1.29 is 13.9 Å². The monoisotopic (exact) mass is 414 g/mol. The first-order valence-corrected chi connectivity index (χ1v) is 9.80. The van der Waals surface area contributed by atoms with Gasteiger partial charge in [-0.25, -0.2) is 4.39 Å². The Hall–Kier alpha value is -2.23. The minimum atomic E-state index is -1.13. The summed E-state index contributed by atoms with van der Waals surface area (Å²) in [6.45, 7) is 0. The zero-order valence-corrected chi connectivity index (χ0v) is 16.5. The summed E-state index contributed by atoms with van der Waals surface area (Å²) in [7, 11) is 1.62. The predicted octanol–water partition coefficient (Wildman–Crippen LogP) is 6.06. The maximum absolute atomic E-state index is 13.5. The maximum atomic E-state index is 13.5. The lowest BCUT2D eigenvalue weighted by atomic mass is 9.82. The second-order valence-electron chi connectivity index (χ2n) is 7.23. The van der Waals surface area contributed by atoms with E-state index in [1.54, 1.807) is 19.2 Å². The Bertz CT molecular complexity index is 1030. The molecule has 0 aromatic heterocycles. The number of ether oxygens (including phenoxy) is 2. The fraction of sp³-hybridized carbons (Fsp3) is 0.217. The van der Waals surface area contributed by atoms with Crippen molar-refractivity contribution in [2.45, 2.75) is 15.9 Å². The van der Waals surface area contributed by atoms with Gasteiger partial charge in [0.15, 0.2) is 9.93 Å². The number of rotatable bonds is 3. The van der Waals surface area contributed by atoms with E-state index in [1.165, 1.54) is 12.1 Å². The van der Waals surface area contributed by atoms with Crippen LogP contribution in [0.25, 0.3) is 0 Å². The van der Waals surface area contributed by atoms with Gasteiger partial charge >= 0.3 is 0 Å². The molecule has 5 heteroatoms. The van der Waals surface area contributed by atoms with Crippen LogP contribution in [0.15, 0.2) is 72.8 Å². The molecular formula is C23H17Cl2FO2. The van der Waals surface area contributed by atoms with Crippen LogP contribution in [0.5, 0.6) is 11.5 Å². The molecule has 0 N–H and O–H groups in total. The normalized spacial score (nSPS) is 26.6. The van der Waals surface area contributed by atoms with Crippen LogP contribution in [0.4, 0.5) is 4.39 Å². The molecule has 1 saturated carbocycles. The quantitative estimate of drug-likeness (QED) is 0.485. The van der Waals surface area contributed by atoms with E-state index in [-0.39, 0.29) is 17.7 Å². The van der Waals surface area contributed by atoms with Gasteiger partial charge in [-0.3, -0.25) is 0 Å². The topological polar surface area (TPSA) is 18.5 Å². The molecule has 1 fully saturated rings. The van der Waals surface area contributed by atoms with Gasteiger partial charge in [-0.05, 0) is 41.5 Å². The Morgan fingerprint density at radius 3 is 2.29 bits per heavy atom. The molecule has 5 rings (SSSR count). The molecule has 3 aromatic carbocycles. The van der Waals surface area contributed by atoms with Gasteiger partial charge in [-0.15, -0.1) is 0 Å². The second kappa shape index (κ2) is 6.13. The van der Waals surface area contributed by atoms with Crippen LogP contribution in [0, 0.1) is 11.7 Å². The van der Waals surface area contributed by atoms with E-state index in [9.17, 15) is 4.39 Å². The third-order valence-electron chi connectivity index (χ3n) is 5.85. The Morgan fingerprint density at radius 2 is 1.61 bits per heavy atom. The predicted molar refractivity (Wildman–Crippen MR) is 108 cm³/mol.